The zero-order chi connectivity index (χ0) is 16.4. The number of hydrogen-bond donors (Lipinski definition) is 0. The average Bonchev–Trinajstić information content (AvgIpc) is 3.30. The van der Waals surface area contributed by atoms with Crippen molar-refractivity contribution in [2.24, 2.45) is 0 Å². The van der Waals surface area contributed by atoms with Crippen LogP contribution < -0.4 is 4.74 Å². The van der Waals surface area contributed by atoms with Gasteiger partial charge in [-0.1, -0.05) is 35.5 Å². The topological polar surface area (TPSA) is 60.2 Å². The first-order chi connectivity index (χ1) is 11.8. The van der Waals surface area contributed by atoms with Crippen LogP contribution in [0.3, 0.4) is 0 Å². The lowest BCUT2D eigenvalue weighted by Crippen LogP contribution is -2.33. The van der Waals surface area contributed by atoms with Gasteiger partial charge in [-0.2, -0.15) is 0 Å². The molecule has 0 spiro atoms. The van der Waals surface area contributed by atoms with Crippen LogP contribution in [0.15, 0.2) is 54.9 Å². The maximum Gasteiger partial charge on any atom is 0.260 e. The number of fused-ring (bicyclic) bond motifs is 1. The molecule has 3 aromatic rings. The summed E-state index contributed by atoms with van der Waals surface area (Å²) in [4.78, 5) is 14.2. The quantitative estimate of drug-likeness (QED) is 0.739. The highest BCUT2D eigenvalue weighted by Gasteiger charge is 2.27. The number of hydrogen-bond acceptors (Lipinski definition) is 4. The van der Waals surface area contributed by atoms with E-state index in [1.165, 1.54) is 0 Å². The van der Waals surface area contributed by atoms with E-state index in [9.17, 15) is 4.79 Å². The molecule has 6 nitrogen and oxygen atoms in total. The monoisotopic (exact) mass is 322 g/mol. The summed E-state index contributed by atoms with van der Waals surface area (Å²) in [7, 11) is 0. The third kappa shape index (κ3) is 2.95. The van der Waals surface area contributed by atoms with Gasteiger partial charge >= 0.3 is 0 Å². The lowest BCUT2D eigenvalue weighted by molar-refractivity contribution is -0.132. The first kappa shape index (κ1) is 14.7. The standard InChI is InChI=1S/C18H18N4O2/c23-18(21-9-7-16(12-21)22-10-8-19-20-22)13-24-17-6-5-14-3-1-2-4-15(14)11-17/h1-6,8,10-11,16H,7,9,12-13H2. The van der Waals surface area contributed by atoms with E-state index in [0.29, 0.717) is 12.3 Å². The zero-order valence-corrected chi connectivity index (χ0v) is 13.2. The Morgan fingerprint density at radius 3 is 2.92 bits per heavy atom. The van der Waals surface area contributed by atoms with Crippen molar-refractivity contribution in [1.29, 1.82) is 0 Å². The van der Waals surface area contributed by atoms with Gasteiger partial charge in [-0.15, -0.1) is 5.10 Å². The number of carbonyl (C=O) groups is 1. The van der Waals surface area contributed by atoms with E-state index in [4.69, 9.17) is 4.74 Å². The minimum Gasteiger partial charge on any atom is -0.484 e. The molecule has 0 aliphatic carbocycles. The van der Waals surface area contributed by atoms with Gasteiger partial charge in [-0.05, 0) is 29.3 Å². The summed E-state index contributed by atoms with van der Waals surface area (Å²) >= 11 is 0. The van der Waals surface area contributed by atoms with Crippen LogP contribution in [0, 0.1) is 0 Å². The first-order valence-corrected chi connectivity index (χ1v) is 8.05. The van der Waals surface area contributed by atoms with Gasteiger partial charge in [0.1, 0.15) is 5.75 Å². The van der Waals surface area contributed by atoms with Crippen molar-refractivity contribution in [2.75, 3.05) is 19.7 Å². The zero-order valence-electron chi connectivity index (χ0n) is 13.2. The van der Waals surface area contributed by atoms with E-state index in [1.54, 1.807) is 6.20 Å². The van der Waals surface area contributed by atoms with Crippen LogP contribution in [0.25, 0.3) is 10.8 Å². The molecule has 1 unspecified atom stereocenters. The molecule has 2 heterocycles. The van der Waals surface area contributed by atoms with Gasteiger partial charge in [0.15, 0.2) is 6.61 Å². The molecule has 0 radical (unpaired) electrons. The number of ether oxygens (including phenoxy) is 1. The Morgan fingerprint density at radius 2 is 2.08 bits per heavy atom. The van der Waals surface area contributed by atoms with Crippen molar-refractivity contribution < 1.29 is 9.53 Å². The lowest BCUT2D eigenvalue weighted by Gasteiger charge is -2.17. The Kier molecular flexibility index (Phi) is 3.86. The third-order valence-corrected chi connectivity index (χ3v) is 4.41. The number of benzene rings is 2. The van der Waals surface area contributed by atoms with Gasteiger partial charge in [0.25, 0.3) is 5.91 Å². The molecule has 0 bridgehead atoms. The first-order valence-electron chi connectivity index (χ1n) is 8.05. The Labute approximate surface area is 139 Å². The number of amides is 1. The summed E-state index contributed by atoms with van der Waals surface area (Å²) in [6.07, 6.45) is 4.39. The van der Waals surface area contributed by atoms with E-state index in [-0.39, 0.29) is 18.6 Å². The van der Waals surface area contributed by atoms with E-state index in [2.05, 4.69) is 16.4 Å². The van der Waals surface area contributed by atoms with Crippen molar-refractivity contribution in [2.45, 2.75) is 12.5 Å². The van der Waals surface area contributed by atoms with Crippen molar-refractivity contribution >= 4 is 16.7 Å². The van der Waals surface area contributed by atoms with Gasteiger partial charge in [0.2, 0.25) is 0 Å². The molecule has 0 saturated carbocycles. The number of rotatable bonds is 4. The third-order valence-electron chi connectivity index (χ3n) is 4.41. The summed E-state index contributed by atoms with van der Waals surface area (Å²) in [5.74, 6) is 0.722. The second kappa shape index (κ2) is 6.31. The highest BCUT2D eigenvalue weighted by Crippen LogP contribution is 2.22. The van der Waals surface area contributed by atoms with Gasteiger partial charge in [-0.25, -0.2) is 4.68 Å². The molecular formula is C18H18N4O2. The summed E-state index contributed by atoms with van der Waals surface area (Å²) in [5, 5.41) is 10.1. The van der Waals surface area contributed by atoms with E-state index < -0.39 is 0 Å². The lowest BCUT2D eigenvalue weighted by atomic mass is 10.1. The Balaban J connectivity index is 1.36. The minimum absolute atomic E-state index is 0.00535. The largest absolute Gasteiger partial charge is 0.484 e. The van der Waals surface area contributed by atoms with Crippen molar-refractivity contribution in [1.82, 2.24) is 19.9 Å². The molecule has 1 amide bonds. The van der Waals surface area contributed by atoms with Gasteiger partial charge in [0.05, 0.1) is 12.2 Å². The molecule has 1 atom stereocenters. The summed E-state index contributed by atoms with van der Waals surface area (Å²) in [5.41, 5.74) is 0. The van der Waals surface area contributed by atoms with Crippen LogP contribution in [-0.2, 0) is 4.79 Å². The van der Waals surface area contributed by atoms with Gasteiger partial charge in [0, 0.05) is 19.3 Å². The molecule has 2 aromatic carbocycles. The molecule has 6 heteroatoms. The molecule has 24 heavy (non-hydrogen) atoms. The average molecular weight is 322 g/mol. The number of nitrogens with zero attached hydrogens (tertiary/aromatic N) is 4. The summed E-state index contributed by atoms with van der Waals surface area (Å²) in [6, 6.07) is 14.2. The maximum absolute atomic E-state index is 12.4. The Hall–Kier alpha value is -2.89. The van der Waals surface area contributed by atoms with E-state index >= 15 is 0 Å². The van der Waals surface area contributed by atoms with Crippen LogP contribution in [-0.4, -0.2) is 45.5 Å². The van der Waals surface area contributed by atoms with Gasteiger partial charge < -0.3 is 9.64 Å². The highest BCUT2D eigenvalue weighted by atomic mass is 16.5. The molecular weight excluding hydrogens is 304 g/mol. The van der Waals surface area contributed by atoms with E-state index in [0.717, 1.165) is 23.7 Å². The van der Waals surface area contributed by atoms with Crippen LogP contribution in [0.1, 0.15) is 12.5 Å². The van der Waals surface area contributed by atoms with Crippen LogP contribution >= 0.6 is 0 Å². The Bertz CT molecular complexity index is 847. The number of likely N-dealkylation sites (tertiary alicyclic amines) is 1. The maximum atomic E-state index is 12.4. The summed E-state index contributed by atoms with van der Waals surface area (Å²) < 4.78 is 7.51. The molecule has 4 rings (SSSR count). The molecule has 0 N–H and O–H groups in total. The molecule has 122 valence electrons. The van der Waals surface area contributed by atoms with Crippen LogP contribution in [0.2, 0.25) is 0 Å². The molecule has 1 aliphatic rings. The van der Waals surface area contributed by atoms with Crippen molar-refractivity contribution in [3.05, 3.63) is 54.9 Å². The molecule has 1 fully saturated rings. The van der Waals surface area contributed by atoms with Gasteiger partial charge in [-0.3, -0.25) is 4.79 Å². The fourth-order valence-corrected chi connectivity index (χ4v) is 3.09. The normalized spacial score (nSPS) is 17.3. The highest BCUT2D eigenvalue weighted by molar-refractivity contribution is 5.84. The predicted molar refractivity (Wildman–Crippen MR) is 89.7 cm³/mol. The minimum atomic E-state index is 0.00535. The van der Waals surface area contributed by atoms with Crippen molar-refractivity contribution in [3.63, 3.8) is 0 Å². The summed E-state index contributed by atoms with van der Waals surface area (Å²) in [6.45, 7) is 1.44. The fourth-order valence-electron chi connectivity index (χ4n) is 3.09. The SMILES string of the molecule is O=C(COc1ccc2ccccc2c1)N1CCC(n2ccnn2)C1. The molecule has 1 aliphatic heterocycles. The van der Waals surface area contributed by atoms with Crippen molar-refractivity contribution in [3.8, 4) is 5.75 Å². The Morgan fingerprint density at radius 1 is 1.21 bits per heavy atom. The second-order valence-electron chi connectivity index (χ2n) is 5.96. The number of aromatic nitrogens is 3. The fraction of sp³-hybridized carbons (Fsp3) is 0.278. The second-order valence-corrected chi connectivity index (χ2v) is 5.96. The van der Waals surface area contributed by atoms with Crippen LogP contribution in [0.4, 0.5) is 0 Å². The van der Waals surface area contributed by atoms with Crippen LogP contribution in [0.5, 0.6) is 5.75 Å². The molecule has 1 saturated heterocycles. The smallest absolute Gasteiger partial charge is 0.260 e. The molecule has 1 aromatic heterocycles. The predicted octanol–water partition coefficient (Wildman–Crippen LogP) is 2.28. The van der Waals surface area contributed by atoms with E-state index in [1.807, 2.05) is 52.2 Å². The number of carbonyl (C=O) groups excluding carboxylic acids is 1.